The maximum atomic E-state index is 11.7. The number of halogens is 2. The lowest BCUT2D eigenvalue weighted by atomic mass is 10.1. The second-order valence-corrected chi connectivity index (χ2v) is 5.64. The van der Waals surface area contributed by atoms with Crippen LogP contribution in [0.3, 0.4) is 0 Å². The molecule has 3 rings (SSSR count). The molecule has 3 aromatic rings. The molecule has 0 saturated carbocycles. The van der Waals surface area contributed by atoms with Gasteiger partial charge in [-0.3, -0.25) is 19.8 Å². The summed E-state index contributed by atoms with van der Waals surface area (Å²) in [6.07, 6.45) is 0. The molecule has 3 N–H and O–H groups in total. The molecule has 0 saturated heterocycles. The van der Waals surface area contributed by atoms with E-state index >= 15 is 0 Å². The number of hydrogen-bond donors (Lipinski definition) is 3. The first-order valence-electron chi connectivity index (χ1n) is 5.11. The third-order valence-electron chi connectivity index (χ3n) is 2.71. The van der Waals surface area contributed by atoms with Gasteiger partial charge in [-0.15, -0.1) is 0 Å². The molecule has 0 aliphatic carbocycles. The van der Waals surface area contributed by atoms with E-state index in [1.807, 2.05) is 0 Å². The normalized spacial score (nSPS) is 11.3. The van der Waals surface area contributed by atoms with Crippen LogP contribution in [0.2, 0.25) is 0 Å². The van der Waals surface area contributed by atoms with Gasteiger partial charge in [0, 0.05) is 8.95 Å². The van der Waals surface area contributed by atoms with Crippen LogP contribution in [0, 0.1) is 0 Å². The van der Waals surface area contributed by atoms with Crippen molar-refractivity contribution in [1.29, 1.82) is 0 Å². The minimum atomic E-state index is -0.601. The van der Waals surface area contributed by atoms with E-state index in [-0.39, 0.29) is 16.7 Å². The van der Waals surface area contributed by atoms with Gasteiger partial charge in [-0.1, -0.05) is 15.9 Å². The number of nitrogens with one attached hydrogen (secondary N) is 2. The fourth-order valence-electron chi connectivity index (χ4n) is 1.91. The van der Waals surface area contributed by atoms with Gasteiger partial charge in [-0.25, -0.2) is 4.98 Å². The predicted molar refractivity (Wildman–Crippen MR) is 77.6 cm³/mol. The first kappa shape index (κ1) is 12.4. The molecule has 0 radical (unpaired) electrons. The molecule has 0 unspecified atom stereocenters. The number of aromatic nitrogens is 3. The molecule has 0 amide bonds. The Morgan fingerprint density at radius 1 is 1.05 bits per heavy atom. The van der Waals surface area contributed by atoms with Gasteiger partial charge in [0.2, 0.25) is 0 Å². The fraction of sp³-hybridized carbons (Fsp3) is 0. The summed E-state index contributed by atoms with van der Waals surface area (Å²) in [7, 11) is 0. The van der Waals surface area contributed by atoms with Gasteiger partial charge in [0.15, 0.2) is 0 Å². The SMILES string of the molecule is O=c1[nH][nH]c(=O)c2c(O)c3c(Br)cc(Br)cc3nc12. The Morgan fingerprint density at radius 2 is 1.74 bits per heavy atom. The van der Waals surface area contributed by atoms with E-state index in [2.05, 4.69) is 47.0 Å². The summed E-state index contributed by atoms with van der Waals surface area (Å²) in [6, 6.07) is 3.37. The topological polar surface area (TPSA) is 98.8 Å². The summed E-state index contributed by atoms with van der Waals surface area (Å²) < 4.78 is 1.31. The van der Waals surface area contributed by atoms with E-state index in [9.17, 15) is 14.7 Å². The summed E-state index contributed by atoms with van der Waals surface area (Å²) in [5.41, 5.74) is -0.861. The summed E-state index contributed by atoms with van der Waals surface area (Å²) in [4.78, 5) is 27.5. The van der Waals surface area contributed by atoms with Crippen LogP contribution >= 0.6 is 31.9 Å². The third-order valence-corrected chi connectivity index (χ3v) is 3.79. The summed E-state index contributed by atoms with van der Waals surface area (Å²) in [5, 5.41) is 14.8. The van der Waals surface area contributed by atoms with Gasteiger partial charge in [-0.05, 0) is 28.1 Å². The molecule has 0 bridgehead atoms. The van der Waals surface area contributed by atoms with Crippen molar-refractivity contribution in [2.24, 2.45) is 0 Å². The number of aromatic amines is 2. The molecule has 2 heterocycles. The van der Waals surface area contributed by atoms with Crippen LogP contribution in [0.5, 0.6) is 5.75 Å². The smallest absolute Gasteiger partial charge is 0.289 e. The Labute approximate surface area is 121 Å². The second kappa shape index (κ2) is 4.17. The molecule has 0 aliphatic heterocycles. The molecule has 19 heavy (non-hydrogen) atoms. The maximum absolute atomic E-state index is 11.7. The number of rotatable bonds is 0. The molecular formula is C11H5Br2N3O3. The van der Waals surface area contributed by atoms with Crippen molar-refractivity contribution in [2.45, 2.75) is 0 Å². The lowest BCUT2D eigenvalue weighted by Crippen LogP contribution is -2.20. The highest BCUT2D eigenvalue weighted by Gasteiger charge is 2.16. The van der Waals surface area contributed by atoms with Crippen LogP contribution in [-0.4, -0.2) is 20.3 Å². The van der Waals surface area contributed by atoms with Crippen molar-refractivity contribution in [2.75, 3.05) is 0 Å². The van der Waals surface area contributed by atoms with Crippen molar-refractivity contribution in [1.82, 2.24) is 15.2 Å². The van der Waals surface area contributed by atoms with Crippen LogP contribution in [-0.2, 0) is 0 Å². The predicted octanol–water partition coefficient (Wildman–Crippen LogP) is 2.00. The van der Waals surface area contributed by atoms with Crippen molar-refractivity contribution >= 4 is 53.7 Å². The molecule has 6 nitrogen and oxygen atoms in total. The van der Waals surface area contributed by atoms with E-state index < -0.39 is 11.1 Å². The Kier molecular flexibility index (Phi) is 2.72. The number of pyridine rings is 1. The van der Waals surface area contributed by atoms with E-state index in [4.69, 9.17) is 0 Å². The van der Waals surface area contributed by atoms with Gasteiger partial charge in [0.05, 0.1) is 10.9 Å². The monoisotopic (exact) mass is 385 g/mol. The number of fused-ring (bicyclic) bond motifs is 2. The zero-order valence-corrected chi connectivity index (χ0v) is 12.3. The standard InChI is InChI=1S/C11H5Br2N3O3/c12-3-1-4(13)6-5(2-3)14-8-7(9(6)17)10(18)15-16-11(8)19/h1-2H,(H,14,17)(H,15,18)(H,16,19). The summed E-state index contributed by atoms with van der Waals surface area (Å²) >= 11 is 6.60. The highest BCUT2D eigenvalue weighted by atomic mass is 79.9. The highest BCUT2D eigenvalue weighted by Crippen LogP contribution is 2.36. The average molecular weight is 387 g/mol. The molecule has 0 spiro atoms. The minimum absolute atomic E-state index is 0.0984. The molecule has 2 aromatic heterocycles. The molecular weight excluding hydrogens is 382 g/mol. The zero-order chi connectivity index (χ0) is 13.7. The quantitative estimate of drug-likeness (QED) is 0.514. The molecule has 96 valence electrons. The first-order valence-corrected chi connectivity index (χ1v) is 6.70. The lowest BCUT2D eigenvalue weighted by molar-refractivity contribution is 0.486. The average Bonchev–Trinajstić information content (AvgIpc) is 2.32. The van der Waals surface area contributed by atoms with Crippen LogP contribution in [0.1, 0.15) is 0 Å². The van der Waals surface area contributed by atoms with Gasteiger partial charge in [-0.2, -0.15) is 0 Å². The number of H-pyrrole nitrogens is 2. The number of benzene rings is 1. The van der Waals surface area contributed by atoms with Gasteiger partial charge in [0.25, 0.3) is 11.1 Å². The lowest BCUT2D eigenvalue weighted by Gasteiger charge is -2.06. The molecule has 1 aromatic carbocycles. The Hall–Kier alpha value is -1.67. The van der Waals surface area contributed by atoms with Crippen LogP contribution in [0.25, 0.3) is 21.8 Å². The van der Waals surface area contributed by atoms with E-state index in [0.29, 0.717) is 15.4 Å². The molecule has 8 heteroatoms. The van der Waals surface area contributed by atoms with Crippen molar-refractivity contribution < 1.29 is 5.11 Å². The molecule has 0 aliphatic rings. The number of nitrogens with zero attached hydrogens (tertiary/aromatic N) is 1. The second-order valence-electron chi connectivity index (χ2n) is 3.87. The number of aromatic hydroxyl groups is 1. The first-order chi connectivity index (χ1) is 8.99. The van der Waals surface area contributed by atoms with E-state index in [1.165, 1.54) is 0 Å². The van der Waals surface area contributed by atoms with E-state index in [0.717, 1.165) is 4.47 Å². The Bertz CT molecular complexity index is 946. The molecule has 0 fully saturated rings. The Morgan fingerprint density at radius 3 is 2.47 bits per heavy atom. The van der Waals surface area contributed by atoms with Crippen LogP contribution < -0.4 is 11.1 Å². The van der Waals surface area contributed by atoms with Crippen LogP contribution in [0.4, 0.5) is 0 Å². The minimum Gasteiger partial charge on any atom is -0.506 e. The van der Waals surface area contributed by atoms with E-state index in [1.54, 1.807) is 12.1 Å². The van der Waals surface area contributed by atoms with Crippen molar-refractivity contribution in [3.63, 3.8) is 0 Å². The van der Waals surface area contributed by atoms with Gasteiger partial charge >= 0.3 is 0 Å². The Balaban J connectivity index is 2.72. The zero-order valence-electron chi connectivity index (χ0n) is 9.12. The maximum Gasteiger partial charge on any atom is 0.289 e. The van der Waals surface area contributed by atoms with Crippen molar-refractivity contribution in [3.05, 3.63) is 41.8 Å². The van der Waals surface area contributed by atoms with Crippen LogP contribution in [0.15, 0.2) is 30.7 Å². The highest BCUT2D eigenvalue weighted by molar-refractivity contribution is 9.11. The van der Waals surface area contributed by atoms with Gasteiger partial charge in [0.1, 0.15) is 16.7 Å². The largest absolute Gasteiger partial charge is 0.506 e. The number of hydrogen-bond acceptors (Lipinski definition) is 4. The summed E-state index contributed by atoms with van der Waals surface area (Å²) in [5.74, 6) is -0.272. The van der Waals surface area contributed by atoms with Crippen molar-refractivity contribution in [3.8, 4) is 5.75 Å². The fourth-order valence-corrected chi connectivity index (χ4v) is 3.30. The molecule has 0 atom stereocenters. The van der Waals surface area contributed by atoms with Gasteiger partial charge < -0.3 is 5.11 Å². The third kappa shape index (κ3) is 1.79. The summed E-state index contributed by atoms with van der Waals surface area (Å²) in [6.45, 7) is 0.